The number of amides is 1. The van der Waals surface area contributed by atoms with Crippen LogP contribution in [0.4, 0.5) is 0 Å². The lowest BCUT2D eigenvalue weighted by atomic mass is 9.88. The van der Waals surface area contributed by atoms with Gasteiger partial charge in [0.15, 0.2) is 5.69 Å². The first-order valence-corrected chi connectivity index (χ1v) is 9.08. The van der Waals surface area contributed by atoms with Gasteiger partial charge >= 0.3 is 0 Å². The van der Waals surface area contributed by atoms with Crippen molar-refractivity contribution in [3.05, 3.63) is 47.1 Å². The molecule has 3 heterocycles. The number of hydrogen-bond donors (Lipinski definition) is 0. The molecule has 6 nitrogen and oxygen atoms in total. The van der Waals surface area contributed by atoms with Crippen LogP contribution in [0, 0.1) is 5.92 Å². The number of hydrogen-bond acceptors (Lipinski definition) is 5. The molecule has 0 saturated carbocycles. The van der Waals surface area contributed by atoms with Crippen LogP contribution in [0.25, 0.3) is 0 Å². The second-order valence-corrected chi connectivity index (χ2v) is 7.21. The van der Waals surface area contributed by atoms with E-state index in [-0.39, 0.29) is 5.91 Å². The molecular formula is C19H24N4O2. The number of carbonyl (C=O) groups is 1. The molecule has 0 N–H and O–H groups in total. The molecule has 1 unspecified atom stereocenters. The Bertz CT molecular complexity index is 735. The molecule has 0 spiro atoms. The minimum Gasteiger partial charge on any atom is -0.360 e. The number of nitrogens with zero attached hydrogens (tertiary/aromatic N) is 4. The first kappa shape index (κ1) is 16.3. The van der Waals surface area contributed by atoms with Gasteiger partial charge in [0.1, 0.15) is 5.76 Å². The van der Waals surface area contributed by atoms with Crippen molar-refractivity contribution < 1.29 is 9.32 Å². The summed E-state index contributed by atoms with van der Waals surface area (Å²) in [7, 11) is 0. The maximum atomic E-state index is 12.9. The molecule has 6 heteroatoms. The summed E-state index contributed by atoms with van der Waals surface area (Å²) in [6.07, 6.45) is 6.61. The fourth-order valence-corrected chi connectivity index (χ4v) is 3.75. The molecule has 2 aromatic rings. The summed E-state index contributed by atoms with van der Waals surface area (Å²) >= 11 is 0. The van der Waals surface area contributed by atoms with Gasteiger partial charge in [-0.05, 0) is 30.4 Å². The largest absolute Gasteiger partial charge is 0.360 e. The average molecular weight is 340 g/mol. The molecular weight excluding hydrogens is 316 g/mol. The minimum atomic E-state index is 0.0279. The maximum Gasteiger partial charge on any atom is 0.276 e. The Morgan fingerprint density at radius 1 is 1.32 bits per heavy atom. The van der Waals surface area contributed by atoms with Crippen molar-refractivity contribution in [2.45, 2.75) is 32.7 Å². The molecule has 1 aliphatic carbocycles. The molecule has 1 atom stereocenters. The molecule has 1 aliphatic heterocycles. The summed E-state index contributed by atoms with van der Waals surface area (Å²) in [5.41, 5.74) is 2.80. The van der Waals surface area contributed by atoms with E-state index >= 15 is 0 Å². The van der Waals surface area contributed by atoms with Crippen molar-refractivity contribution >= 4 is 5.91 Å². The Morgan fingerprint density at radius 2 is 2.16 bits per heavy atom. The highest BCUT2D eigenvalue weighted by Crippen LogP contribution is 2.28. The van der Waals surface area contributed by atoms with Crippen molar-refractivity contribution in [2.75, 3.05) is 26.2 Å². The third-order valence-electron chi connectivity index (χ3n) is 5.28. The number of piperazine rings is 1. The Balaban J connectivity index is 1.38. The smallest absolute Gasteiger partial charge is 0.276 e. The van der Waals surface area contributed by atoms with Crippen molar-refractivity contribution in [3.8, 4) is 0 Å². The molecule has 132 valence electrons. The SMILES string of the molecule is CC1CCc2onc(C(=O)N3CCN(Cc4cccnc4)CC3)c2C1. The van der Waals surface area contributed by atoms with Crippen LogP contribution >= 0.6 is 0 Å². The lowest BCUT2D eigenvalue weighted by Crippen LogP contribution is -2.48. The fourth-order valence-electron chi connectivity index (χ4n) is 3.75. The van der Waals surface area contributed by atoms with E-state index < -0.39 is 0 Å². The standard InChI is InChI=1S/C19H24N4O2/c1-14-4-5-17-16(11-14)18(21-25-17)19(24)23-9-7-22(8-10-23)13-15-3-2-6-20-12-15/h2-3,6,12,14H,4-5,7-11,13H2,1H3. The number of carbonyl (C=O) groups excluding carboxylic acids is 1. The first-order valence-electron chi connectivity index (χ1n) is 9.08. The lowest BCUT2D eigenvalue weighted by molar-refractivity contribution is 0.0617. The van der Waals surface area contributed by atoms with Crippen LogP contribution in [0.2, 0.25) is 0 Å². The number of pyridine rings is 1. The Morgan fingerprint density at radius 3 is 2.92 bits per heavy atom. The van der Waals surface area contributed by atoms with Gasteiger partial charge in [0, 0.05) is 57.1 Å². The van der Waals surface area contributed by atoms with Gasteiger partial charge < -0.3 is 9.42 Å². The highest BCUT2D eigenvalue weighted by molar-refractivity contribution is 5.94. The van der Waals surface area contributed by atoms with Gasteiger partial charge in [-0.3, -0.25) is 14.7 Å². The summed E-state index contributed by atoms with van der Waals surface area (Å²) < 4.78 is 5.43. The van der Waals surface area contributed by atoms with Crippen molar-refractivity contribution in [3.63, 3.8) is 0 Å². The van der Waals surface area contributed by atoms with Crippen LogP contribution in [-0.4, -0.2) is 52.0 Å². The number of aromatic nitrogens is 2. The van der Waals surface area contributed by atoms with Gasteiger partial charge in [-0.15, -0.1) is 0 Å². The zero-order valence-corrected chi connectivity index (χ0v) is 14.6. The average Bonchev–Trinajstić information content (AvgIpc) is 3.05. The summed E-state index contributed by atoms with van der Waals surface area (Å²) in [5.74, 6) is 1.53. The first-order chi connectivity index (χ1) is 12.2. The molecule has 1 saturated heterocycles. The van der Waals surface area contributed by atoms with Crippen LogP contribution in [0.3, 0.4) is 0 Å². The normalized spacial score (nSPS) is 21.2. The van der Waals surface area contributed by atoms with Gasteiger partial charge in [-0.2, -0.15) is 0 Å². The summed E-state index contributed by atoms with van der Waals surface area (Å²) in [6, 6.07) is 4.05. The minimum absolute atomic E-state index is 0.0279. The Kier molecular flexibility index (Phi) is 4.53. The van der Waals surface area contributed by atoms with Gasteiger partial charge in [-0.25, -0.2) is 0 Å². The van der Waals surface area contributed by atoms with E-state index in [0.29, 0.717) is 11.6 Å². The van der Waals surface area contributed by atoms with E-state index in [1.165, 1.54) is 5.56 Å². The van der Waals surface area contributed by atoms with E-state index in [1.807, 2.05) is 17.2 Å². The van der Waals surface area contributed by atoms with Crippen LogP contribution in [0.1, 0.15) is 40.7 Å². The molecule has 2 aliphatic rings. The van der Waals surface area contributed by atoms with Crippen LogP contribution in [0.15, 0.2) is 29.0 Å². The number of rotatable bonds is 3. The molecule has 1 fully saturated rings. The predicted octanol–water partition coefficient (Wildman–Crippen LogP) is 2.15. The highest BCUT2D eigenvalue weighted by atomic mass is 16.5. The second-order valence-electron chi connectivity index (χ2n) is 7.21. The van der Waals surface area contributed by atoms with Crippen LogP contribution in [0.5, 0.6) is 0 Å². The predicted molar refractivity (Wildman–Crippen MR) is 93.1 cm³/mol. The van der Waals surface area contributed by atoms with E-state index in [9.17, 15) is 4.79 Å². The van der Waals surface area contributed by atoms with Gasteiger partial charge in [-0.1, -0.05) is 18.1 Å². The third-order valence-corrected chi connectivity index (χ3v) is 5.28. The molecule has 0 radical (unpaired) electrons. The second kappa shape index (κ2) is 6.96. The van der Waals surface area contributed by atoms with Gasteiger partial charge in [0.2, 0.25) is 0 Å². The molecule has 4 rings (SSSR count). The van der Waals surface area contributed by atoms with E-state index in [2.05, 4.69) is 28.0 Å². The van der Waals surface area contributed by atoms with Crippen LogP contribution < -0.4 is 0 Å². The molecule has 25 heavy (non-hydrogen) atoms. The lowest BCUT2D eigenvalue weighted by Gasteiger charge is -2.34. The molecule has 2 aromatic heterocycles. The van der Waals surface area contributed by atoms with Gasteiger partial charge in [0.05, 0.1) is 0 Å². The number of aryl methyl sites for hydroxylation is 1. The highest BCUT2D eigenvalue weighted by Gasteiger charge is 2.30. The summed E-state index contributed by atoms with van der Waals surface area (Å²) in [4.78, 5) is 21.3. The van der Waals surface area contributed by atoms with E-state index in [0.717, 1.165) is 63.3 Å². The fraction of sp³-hybridized carbons (Fsp3) is 0.526. The van der Waals surface area contributed by atoms with Crippen molar-refractivity contribution in [2.24, 2.45) is 5.92 Å². The zero-order chi connectivity index (χ0) is 17.2. The Labute approximate surface area is 147 Å². The van der Waals surface area contributed by atoms with E-state index in [4.69, 9.17) is 4.52 Å². The zero-order valence-electron chi connectivity index (χ0n) is 14.6. The van der Waals surface area contributed by atoms with Gasteiger partial charge in [0.25, 0.3) is 5.91 Å². The monoisotopic (exact) mass is 340 g/mol. The third kappa shape index (κ3) is 3.44. The topological polar surface area (TPSA) is 62.5 Å². The molecule has 0 aromatic carbocycles. The van der Waals surface area contributed by atoms with Crippen LogP contribution in [-0.2, 0) is 19.4 Å². The maximum absolute atomic E-state index is 12.9. The molecule has 1 amide bonds. The summed E-state index contributed by atoms with van der Waals surface area (Å²) in [6.45, 7) is 6.31. The Hall–Kier alpha value is -2.21. The number of fused-ring (bicyclic) bond motifs is 1. The quantitative estimate of drug-likeness (QED) is 0.857. The van der Waals surface area contributed by atoms with E-state index in [1.54, 1.807) is 6.20 Å². The van der Waals surface area contributed by atoms with Crippen molar-refractivity contribution in [1.29, 1.82) is 0 Å². The summed E-state index contributed by atoms with van der Waals surface area (Å²) in [5, 5.41) is 4.11. The molecule has 0 bridgehead atoms. The van der Waals surface area contributed by atoms with Crippen molar-refractivity contribution in [1.82, 2.24) is 19.9 Å².